The van der Waals surface area contributed by atoms with Gasteiger partial charge >= 0.3 is 5.97 Å². The summed E-state index contributed by atoms with van der Waals surface area (Å²) in [6.45, 7) is 0.851. The molecule has 1 aromatic rings. The van der Waals surface area contributed by atoms with Crippen LogP contribution < -0.4 is 5.32 Å². The van der Waals surface area contributed by atoms with Gasteiger partial charge in [0, 0.05) is 37.7 Å². The summed E-state index contributed by atoms with van der Waals surface area (Å²) in [7, 11) is -3.75. The van der Waals surface area contributed by atoms with Crippen LogP contribution in [0.25, 0.3) is 0 Å². The van der Waals surface area contributed by atoms with Crippen molar-refractivity contribution in [3.63, 3.8) is 0 Å². The third-order valence-corrected chi connectivity index (χ3v) is 6.35. The Hall–Kier alpha value is -1.51. The normalized spacial score (nSPS) is 28.7. The third-order valence-electron chi connectivity index (χ3n) is 4.61. The molecular weight excluding hydrogens is 311 g/mol. The number of hydrogen-bond acceptors (Lipinski definition) is 4. The van der Waals surface area contributed by atoms with E-state index in [1.165, 1.54) is 22.5 Å². The van der Waals surface area contributed by atoms with E-state index in [2.05, 4.69) is 5.32 Å². The lowest BCUT2D eigenvalue weighted by Crippen LogP contribution is -2.41. The minimum atomic E-state index is -3.75. The van der Waals surface area contributed by atoms with E-state index in [-0.39, 0.29) is 31.1 Å². The molecule has 2 atom stereocenters. The topological polar surface area (TPSA) is 86.7 Å². The minimum Gasteiger partial charge on any atom is -0.481 e. The van der Waals surface area contributed by atoms with Crippen molar-refractivity contribution in [3.05, 3.63) is 35.6 Å². The van der Waals surface area contributed by atoms with Gasteiger partial charge in [0.15, 0.2) is 0 Å². The zero-order valence-corrected chi connectivity index (χ0v) is 12.6. The highest BCUT2D eigenvalue weighted by Crippen LogP contribution is 2.40. The third kappa shape index (κ3) is 2.41. The first kappa shape index (κ1) is 15.4. The Labute approximate surface area is 128 Å². The fraction of sp³-hybridized carbons (Fsp3) is 0.500. The molecule has 0 unspecified atom stereocenters. The second-order valence-electron chi connectivity index (χ2n) is 5.93. The zero-order chi connectivity index (χ0) is 16.0. The molecule has 0 radical (unpaired) electrons. The summed E-state index contributed by atoms with van der Waals surface area (Å²) < 4.78 is 39.8. The Morgan fingerprint density at radius 3 is 2.82 bits per heavy atom. The lowest BCUT2D eigenvalue weighted by Gasteiger charge is -2.22. The van der Waals surface area contributed by atoms with Gasteiger partial charge in [-0.2, -0.15) is 0 Å². The predicted molar refractivity (Wildman–Crippen MR) is 77.0 cm³/mol. The van der Waals surface area contributed by atoms with E-state index < -0.39 is 33.0 Å². The number of aliphatic carboxylic acids is 1. The average molecular weight is 328 g/mol. The molecule has 1 aromatic carbocycles. The van der Waals surface area contributed by atoms with Crippen molar-refractivity contribution in [2.75, 3.05) is 26.2 Å². The van der Waals surface area contributed by atoms with Crippen LogP contribution in [0, 0.1) is 17.2 Å². The molecule has 2 aliphatic heterocycles. The molecule has 2 N–H and O–H groups in total. The number of carboxylic acids is 1. The van der Waals surface area contributed by atoms with Crippen LogP contribution in [0.4, 0.5) is 4.39 Å². The molecule has 2 aliphatic rings. The second-order valence-corrected chi connectivity index (χ2v) is 7.90. The molecule has 0 aliphatic carbocycles. The van der Waals surface area contributed by atoms with Crippen LogP contribution in [0.2, 0.25) is 0 Å². The van der Waals surface area contributed by atoms with Crippen LogP contribution >= 0.6 is 0 Å². The van der Waals surface area contributed by atoms with Crippen LogP contribution in [0.5, 0.6) is 0 Å². The maximum atomic E-state index is 13.7. The van der Waals surface area contributed by atoms with Gasteiger partial charge in [-0.15, -0.1) is 0 Å². The van der Waals surface area contributed by atoms with Crippen molar-refractivity contribution in [1.29, 1.82) is 0 Å². The highest BCUT2D eigenvalue weighted by Gasteiger charge is 2.57. The molecule has 0 saturated carbocycles. The molecule has 2 saturated heterocycles. The lowest BCUT2D eigenvalue weighted by atomic mass is 9.81. The molecule has 0 aromatic heterocycles. The number of nitrogens with zero attached hydrogens (tertiary/aromatic N) is 1. The lowest BCUT2D eigenvalue weighted by molar-refractivity contribution is -0.148. The maximum absolute atomic E-state index is 13.7. The number of halogens is 1. The van der Waals surface area contributed by atoms with Crippen molar-refractivity contribution in [3.8, 4) is 0 Å². The van der Waals surface area contributed by atoms with Gasteiger partial charge in [0.25, 0.3) is 0 Å². The Bertz CT molecular complexity index is 709. The summed E-state index contributed by atoms with van der Waals surface area (Å²) in [5.41, 5.74) is -0.968. The number of hydrogen-bond donors (Lipinski definition) is 2. The van der Waals surface area contributed by atoms with E-state index in [1.807, 2.05) is 0 Å². The first-order chi connectivity index (χ1) is 10.3. The van der Waals surface area contributed by atoms with E-state index >= 15 is 0 Å². The SMILES string of the molecule is O=C(O)[C@@]12CNC[C@@H]1CN(S(=O)(=O)Cc1ccccc1F)C2. The molecule has 0 bridgehead atoms. The Kier molecular flexibility index (Phi) is 3.70. The van der Waals surface area contributed by atoms with Gasteiger partial charge in [-0.05, 0) is 6.07 Å². The standard InChI is InChI=1S/C14H17FN2O4S/c15-12-4-2-1-3-10(12)7-22(20,21)17-6-11-5-16-8-14(11,9-17)13(18)19/h1-4,11,16H,5-9H2,(H,18,19)/t11-,14-/m1/s1. The van der Waals surface area contributed by atoms with Crippen molar-refractivity contribution in [2.24, 2.45) is 11.3 Å². The van der Waals surface area contributed by atoms with Gasteiger partial charge in [0.2, 0.25) is 10.0 Å². The molecule has 2 fully saturated rings. The average Bonchev–Trinajstić information content (AvgIpc) is 2.99. The van der Waals surface area contributed by atoms with E-state index in [0.29, 0.717) is 6.54 Å². The summed E-state index contributed by atoms with van der Waals surface area (Å²) in [5, 5.41) is 12.5. The van der Waals surface area contributed by atoms with Crippen molar-refractivity contribution in [1.82, 2.24) is 9.62 Å². The summed E-state index contributed by atoms with van der Waals surface area (Å²) >= 11 is 0. The molecular formula is C14H17FN2O4S. The molecule has 0 amide bonds. The van der Waals surface area contributed by atoms with Gasteiger partial charge in [-0.1, -0.05) is 18.2 Å². The number of sulfonamides is 1. The summed E-state index contributed by atoms with van der Waals surface area (Å²) in [6, 6.07) is 5.72. The highest BCUT2D eigenvalue weighted by molar-refractivity contribution is 7.88. The number of carboxylic acid groups (broad SMARTS) is 1. The van der Waals surface area contributed by atoms with Gasteiger partial charge < -0.3 is 10.4 Å². The monoisotopic (exact) mass is 328 g/mol. The zero-order valence-electron chi connectivity index (χ0n) is 11.8. The van der Waals surface area contributed by atoms with E-state index in [9.17, 15) is 22.7 Å². The quantitative estimate of drug-likeness (QED) is 0.828. The van der Waals surface area contributed by atoms with Crippen molar-refractivity contribution >= 4 is 16.0 Å². The van der Waals surface area contributed by atoms with Gasteiger partial charge in [0.1, 0.15) is 5.82 Å². The highest BCUT2D eigenvalue weighted by atomic mass is 32.2. The van der Waals surface area contributed by atoms with Crippen LogP contribution in [-0.2, 0) is 20.6 Å². The maximum Gasteiger partial charge on any atom is 0.312 e. The number of nitrogens with one attached hydrogen (secondary N) is 1. The van der Waals surface area contributed by atoms with Crippen LogP contribution in [0.3, 0.4) is 0 Å². The molecule has 8 heteroatoms. The molecule has 120 valence electrons. The molecule has 22 heavy (non-hydrogen) atoms. The smallest absolute Gasteiger partial charge is 0.312 e. The Morgan fingerprint density at radius 2 is 2.18 bits per heavy atom. The van der Waals surface area contributed by atoms with Crippen LogP contribution in [0.1, 0.15) is 5.56 Å². The summed E-state index contributed by atoms with van der Waals surface area (Å²) in [6.07, 6.45) is 0. The van der Waals surface area contributed by atoms with Crippen molar-refractivity contribution in [2.45, 2.75) is 5.75 Å². The van der Waals surface area contributed by atoms with E-state index in [1.54, 1.807) is 6.07 Å². The van der Waals surface area contributed by atoms with Gasteiger partial charge in [0.05, 0.1) is 11.2 Å². The Balaban J connectivity index is 1.83. The number of rotatable bonds is 4. The minimum absolute atomic E-state index is 0.0587. The predicted octanol–water partition coefficient (Wildman–Crippen LogP) is 0.262. The first-order valence-corrected chi connectivity index (χ1v) is 8.61. The fourth-order valence-electron chi connectivity index (χ4n) is 3.29. The van der Waals surface area contributed by atoms with E-state index in [0.717, 1.165) is 0 Å². The molecule has 0 spiro atoms. The van der Waals surface area contributed by atoms with Gasteiger partial charge in [-0.3, -0.25) is 4.79 Å². The fourth-order valence-corrected chi connectivity index (χ4v) is 4.94. The number of fused-ring (bicyclic) bond motifs is 1. The van der Waals surface area contributed by atoms with Crippen molar-refractivity contribution < 1.29 is 22.7 Å². The van der Waals surface area contributed by atoms with E-state index in [4.69, 9.17) is 0 Å². The van der Waals surface area contributed by atoms with Crippen LogP contribution in [-0.4, -0.2) is 50.0 Å². The summed E-state index contributed by atoms with van der Waals surface area (Å²) in [4.78, 5) is 11.6. The second kappa shape index (κ2) is 5.29. The number of benzene rings is 1. The number of carbonyl (C=O) groups is 1. The van der Waals surface area contributed by atoms with Gasteiger partial charge in [-0.25, -0.2) is 17.1 Å². The summed E-state index contributed by atoms with van der Waals surface area (Å²) in [5.74, 6) is -2.25. The molecule has 3 rings (SSSR count). The van der Waals surface area contributed by atoms with Crippen LogP contribution in [0.15, 0.2) is 24.3 Å². The molecule has 6 nitrogen and oxygen atoms in total. The largest absolute Gasteiger partial charge is 0.481 e. The molecule has 2 heterocycles. The first-order valence-electron chi connectivity index (χ1n) is 7.00. The Morgan fingerprint density at radius 1 is 1.45 bits per heavy atom.